The lowest BCUT2D eigenvalue weighted by molar-refractivity contribution is 0.0664. The van der Waals surface area contributed by atoms with Gasteiger partial charge in [0.05, 0.1) is 0 Å². The van der Waals surface area contributed by atoms with Crippen LogP contribution in [0.5, 0.6) is 0 Å². The highest BCUT2D eigenvalue weighted by atomic mass is 16.2. The van der Waals surface area contributed by atoms with Crippen molar-refractivity contribution in [3.63, 3.8) is 0 Å². The molecule has 2 aromatic rings. The van der Waals surface area contributed by atoms with Gasteiger partial charge in [0, 0.05) is 49.8 Å². The molecule has 0 saturated carbocycles. The highest BCUT2D eigenvalue weighted by Gasteiger charge is 2.20. The van der Waals surface area contributed by atoms with Gasteiger partial charge in [0.15, 0.2) is 0 Å². The van der Waals surface area contributed by atoms with E-state index in [9.17, 15) is 4.79 Å². The summed E-state index contributed by atoms with van der Waals surface area (Å²) < 4.78 is 0. The molecule has 6 nitrogen and oxygen atoms in total. The lowest BCUT2D eigenvalue weighted by atomic mass is 10.1. The number of benzene rings is 1. The normalized spacial score (nSPS) is 15.6. The molecule has 0 spiro atoms. The van der Waals surface area contributed by atoms with E-state index in [1.165, 1.54) is 0 Å². The lowest BCUT2D eigenvalue weighted by Crippen LogP contribution is -2.47. The molecule has 0 bridgehead atoms. The fraction of sp³-hybridized carbons (Fsp3) is 0.312. The number of piperazine rings is 1. The first-order valence-electron chi connectivity index (χ1n) is 7.34. The molecule has 1 aliphatic heterocycles. The Bertz CT molecular complexity index is 638. The molecule has 1 amide bonds. The summed E-state index contributed by atoms with van der Waals surface area (Å²) in [5, 5.41) is 3.11. The monoisotopic (exact) mass is 297 g/mol. The molecule has 0 radical (unpaired) electrons. The maximum atomic E-state index is 12.6. The van der Waals surface area contributed by atoms with Crippen LogP contribution in [0.1, 0.15) is 10.4 Å². The van der Waals surface area contributed by atoms with Gasteiger partial charge in [0.1, 0.15) is 0 Å². The van der Waals surface area contributed by atoms with Crippen molar-refractivity contribution in [3.8, 4) is 0 Å². The van der Waals surface area contributed by atoms with Crippen molar-refractivity contribution in [2.24, 2.45) is 0 Å². The maximum Gasteiger partial charge on any atom is 0.254 e. The standard InChI is InChI=1S/C16H19N5O/c1-20-8-10-21(11-9-20)15(22)13-4-2-5-14(12-13)19-16-17-6-3-7-18-16/h2-7,12H,8-11H2,1H3,(H,17,18,19). The van der Waals surface area contributed by atoms with Gasteiger partial charge >= 0.3 is 0 Å². The van der Waals surface area contributed by atoms with Gasteiger partial charge in [-0.15, -0.1) is 0 Å². The molecule has 1 N–H and O–H groups in total. The van der Waals surface area contributed by atoms with E-state index in [4.69, 9.17) is 0 Å². The minimum Gasteiger partial charge on any atom is -0.336 e. The third kappa shape index (κ3) is 3.40. The SMILES string of the molecule is CN1CCN(C(=O)c2cccc(Nc3ncccn3)c2)CC1. The number of likely N-dealkylation sites (N-methyl/N-ethyl adjacent to an activating group) is 1. The molecule has 0 aliphatic carbocycles. The molecule has 1 aromatic heterocycles. The number of hydrogen-bond donors (Lipinski definition) is 1. The van der Waals surface area contributed by atoms with E-state index in [0.29, 0.717) is 11.5 Å². The number of rotatable bonds is 3. The van der Waals surface area contributed by atoms with Gasteiger partial charge in [-0.1, -0.05) is 6.07 Å². The number of amides is 1. The molecule has 6 heteroatoms. The second kappa shape index (κ2) is 6.53. The number of aromatic nitrogens is 2. The number of carbonyl (C=O) groups excluding carboxylic acids is 1. The highest BCUT2D eigenvalue weighted by Crippen LogP contribution is 2.16. The molecule has 114 valence electrons. The third-order valence-electron chi connectivity index (χ3n) is 3.72. The van der Waals surface area contributed by atoms with Crippen LogP contribution < -0.4 is 5.32 Å². The molecule has 0 unspecified atom stereocenters. The summed E-state index contributed by atoms with van der Waals surface area (Å²) in [6, 6.07) is 9.22. The summed E-state index contributed by atoms with van der Waals surface area (Å²) in [5.41, 5.74) is 1.50. The second-order valence-electron chi connectivity index (χ2n) is 5.37. The Hall–Kier alpha value is -2.47. The van der Waals surface area contributed by atoms with Crippen molar-refractivity contribution in [1.82, 2.24) is 19.8 Å². The van der Waals surface area contributed by atoms with Crippen molar-refractivity contribution >= 4 is 17.5 Å². The molecular weight excluding hydrogens is 278 g/mol. The predicted molar refractivity (Wildman–Crippen MR) is 85.2 cm³/mol. The predicted octanol–water partition coefficient (Wildman–Crippen LogP) is 1.61. The zero-order chi connectivity index (χ0) is 15.4. The Labute approximate surface area is 129 Å². The number of anilines is 2. The summed E-state index contributed by atoms with van der Waals surface area (Å²) in [6.07, 6.45) is 3.35. The Morgan fingerprint density at radius 3 is 2.55 bits per heavy atom. The fourth-order valence-corrected chi connectivity index (χ4v) is 2.41. The molecular formula is C16H19N5O. The fourth-order valence-electron chi connectivity index (χ4n) is 2.41. The molecule has 1 aromatic carbocycles. The molecule has 2 heterocycles. The maximum absolute atomic E-state index is 12.6. The topological polar surface area (TPSA) is 61.4 Å². The molecule has 1 saturated heterocycles. The van der Waals surface area contributed by atoms with E-state index >= 15 is 0 Å². The van der Waals surface area contributed by atoms with E-state index in [1.54, 1.807) is 18.5 Å². The van der Waals surface area contributed by atoms with Gasteiger partial charge in [-0.05, 0) is 31.3 Å². The van der Waals surface area contributed by atoms with Gasteiger partial charge in [0.2, 0.25) is 5.95 Å². The summed E-state index contributed by atoms with van der Waals surface area (Å²) in [5.74, 6) is 0.595. The van der Waals surface area contributed by atoms with Crippen molar-refractivity contribution in [1.29, 1.82) is 0 Å². The van der Waals surface area contributed by atoms with Crippen LogP contribution in [-0.4, -0.2) is 58.9 Å². The zero-order valence-corrected chi connectivity index (χ0v) is 12.6. The van der Waals surface area contributed by atoms with Gasteiger partial charge in [-0.3, -0.25) is 4.79 Å². The highest BCUT2D eigenvalue weighted by molar-refractivity contribution is 5.95. The average molecular weight is 297 g/mol. The third-order valence-corrected chi connectivity index (χ3v) is 3.72. The van der Waals surface area contributed by atoms with Crippen LogP contribution in [0.25, 0.3) is 0 Å². The van der Waals surface area contributed by atoms with Crippen molar-refractivity contribution < 1.29 is 4.79 Å². The van der Waals surface area contributed by atoms with Crippen LogP contribution in [0.3, 0.4) is 0 Å². The summed E-state index contributed by atoms with van der Waals surface area (Å²) >= 11 is 0. The first-order chi connectivity index (χ1) is 10.7. The summed E-state index contributed by atoms with van der Waals surface area (Å²) in [4.78, 5) is 24.9. The van der Waals surface area contributed by atoms with E-state index in [1.807, 2.05) is 29.2 Å². The van der Waals surface area contributed by atoms with E-state index < -0.39 is 0 Å². The number of hydrogen-bond acceptors (Lipinski definition) is 5. The van der Waals surface area contributed by atoms with Gasteiger partial charge < -0.3 is 15.1 Å². The van der Waals surface area contributed by atoms with Crippen LogP contribution in [0.15, 0.2) is 42.7 Å². The molecule has 0 atom stereocenters. The Kier molecular flexibility index (Phi) is 4.29. The number of carbonyl (C=O) groups is 1. The van der Waals surface area contributed by atoms with Crippen LogP contribution in [0, 0.1) is 0 Å². The molecule has 1 fully saturated rings. The quantitative estimate of drug-likeness (QED) is 0.932. The zero-order valence-electron chi connectivity index (χ0n) is 12.6. The van der Waals surface area contributed by atoms with E-state index in [-0.39, 0.29) is 5.91 Å². The van der Waals surface area contributed by atoms with Crippen molar-refractivity contribution in [2.75, 3.05) is 38.5 Å². The van der Waals surface area contributed by atoms with Gasteiger partial charge in [-0.25, -0.2) is 9.97 Å². The van der Waals surface area contributed by atoms with Gasteiger partial charge in [0.25, 0.3) is 5.91 Å². The first kappa shape index (κ1) is 14.5. The Morgan fingerprint density at radius 2 is 1.82 bits per heavy atom. The lowest BCUT2D eigenvalue weighted by Gasteiger charge is -2.32. The van der Waals surface area contributed by atoms with Crippen LogP contribution in [0.2, 0.25) is 0 Å². The number of nitrogens with one attached hydrogen (secondary N) is 1. The second-order valence-corrected chi connectivity index (χ2v) is 5.37. The van der Waals surface area contributed by atoms with Crippen LogP contribution >= 0.6 is 0 Å². The first-order valence-corrected chi connectivity index (χ1v) is 7.34. The summed E-state index contributed by atoms with van der Waals surface area (Å²) in [7, 11) is 2.08. The van der Waals surface area contributed by atoms with Gasteiger partial charge in [-0.2, -0.15) is 0 Å². The largest absolute Gasteiger partial charge is 0.336 e. The van der Waals surface area contributed by atoms with Crippen LogP contribution in [0.4, 0.5) is 11.6 Å². The minimum atomic E-state index is 0.0748. The smallest absolute Gasteiger partial charge is 0.254 e. The minimum absolute atomic E-state index is 0.0748. The molecule has 3 rings (SSSR count). The van der Waals surface area contributed by atoms with Crippen molar-refractivity contribution in [3.05, 3.63) is 48.3 Å². The van der Waals surface area contributed by atoms with E-state index in [2.05, 4.69) is 27.2 Å². The number of nitrogens with zero attached hydrogens (tertiary/aromatic N) is 4. The Morgan fingerprint density at radius 1 is 1.09 bits per heavy atom. The van der Waals surface area contributed by atoms with Crippen LogP contribution in [-0.2, 0) is 0 Å². The summed E-state index contributed by atoms with van der Waals surface area (Å²) in [6.45, 7) is 3.38. The van der Waals surface area contributed by atoms with Crippen molar-refractivity contribution in [2.45, 2.75) is 0 Å². The van der Waals surface area contributed by atoms with E-state index in [0.717, 1.165) is 31.9 Å². The molecule has 1 aliphatic rings. The molecule has 22 heavy (non-hydrogen) atoms. The Balaban J connectivity index is 1.72. The average Bonchev–Trinajstić information content (AvgIpc) is 2.56.